The molecule has 0 aliphatic heterocycles. The van der Waals surface area contributed by atoms with Crippen LogP contribution in [0.2, 0.25) is 0 Å². The number of benzene rings is 1. The second kappa shape index (κ2) is 6.76. The van der Waals surface area contributed by atoms with Gasteiger partial charge in [0.25, 0.3) is 5.91 Å². The summed E-state index contributed by atoms with van der Waals surface area (Å²) in [5.41, 5.74) is 2.16. The van der Waals surface area contributed by atoms with E-state index in [4.69, 9.17) is 0 Å². The lowest BCUT2D eigenvalue weighted by atomic mass is 10.0. The van der Waals surface area contributed by atoms with Crippen molar-refractivity contribution in [1.29, 1.82) is 0 Å². The van der Waals surface area contributed by atoms with Crippen LogP contribution in [0.4, 0.5) is 5.82 Å². The van der Waals surface area contributed by atoms with Gasteiger partial charge in [0.05, 0.1) is 6.42 Å². The summed E-state index contributed by atoms with van der Waals surface area (Å²) in [5, 5.41) is 2.40. The Labute approximate surface area is 128 Å². The fraction of sp³-hybridized carbons (Fsp3) is 0.176. The van der Waals surface area contributed by atoms with Gasteiger partial charge in [0, 0.05) is 11.3 Å². The van der Waals surface area contributed by atoms with Crippen LogP contribution in [0, 0.1) is 13.8 Å². The number of hydrogen-bond donors (Lipinski definition) is 1. The third-order valence-corrected chi connectivity index (χ3v) is 3.08. The van der Waals surface area contributed by atoms with E-state index in [1.165, 1.54) is 0 Å². The number of ketones is 2. The highest BCUT2D eigenvalue weighted by molar-refractivity contribution is 6.43. The first-order valence-electron chi connectivity index (χ1n) is 6.83. The average Bonchev–Trinajstić information content (AvgIpc) is 2.47. The third-order valence-electron chi connectivity index (χ3n) is 3.08. The number of aryl methyl sites for hydroxylation is 2. The fourth-order valence-electron chi connectivity index (χ4n) is 1.87. The predicted octanol–water partition coefficient (Wildman–Crippen LogP) is 2.48. The van der Waals surface area contributed by atoms with Crippen LogP contribution in [-0.2, 0) is 9.59 Å². The highest BCUT2D eigenvalue weighted by Crippen LogP contribution is 2.08. The van der Waals surface area contributed by atoms with E-state index in [0.29, 0.717) is 11.4 Å². The molecular weight excluding hydrogens is 280 g/mol. The van der Waals surface area contributed by atoms with Gasteiger partial charge in [-0.2, -0.15) is 0 Å². The number of aromatic nitrogens is 1. The van der Waals surface area contributed by atoms with Gasteiger partial charge in [0.15, 0.2) is 5.78 Å². The normalized spacial score (nSPS) is 10.1. The van der Waals surface area contributed by atoms with Crippen LogP contribution in [0.1, 0.15) is 28.0 Å². The van der Waals surface area contributed by atoms with E-state index in [2.05, 4.69) is 10.3 Å². The molecular formula is C17H16N2O3. The molecule has 0 saturated carbocycles. The minimum atomic E-state index is -0.835. The smallest absolute Gasteiger partial charge is 0.293 e. The van der Waals surface area contributed by atoms with Gasteiger partial charge in [-0.25, -0.2) is 4.98 Å². The molecule has 5 heteroatoms. The van der Waals surface area contributed by atoms with Crippen LogP contribution in [0.25, 0.3) is 0 Å². The molecule has 5 nitrogen and oxygen atoms in total. The molecule has 1 amide bonds. The van der Waals surface area contributed by atoms with Crippen LogP contribution in [0.5, 0.6) is 0 Å². The van der Waals surface area contributed by atoms with Crippen molar-refractivity contribution in [3.8, 4) is 0 Å². The summed E-state index contributed by atoms with van der Waals surface area (Å²) in [4.78, 5) is 39.6. The zero-order valence-electron chi connectivity index (χ0n) is 12.4. The molecule has 0 radical (unpaired) electrons. The highest BCUT2D eigenvalue weighted by atomic mass is 16.2. The van der Waals surface area contributed by atoms with Crippen LogP contribution in [0.3, 0.4) is 0 Å². The van der Waals surface area contributed by atoms with Crippen molar-refractivity contribution in [3.63, 3.8) is 0 Å². The molecule has 1 aromatic carbocycles. The number of nitrogens with zero attached hydrogens (tertiary/aromatic N) is 1. The lowest BCUT2D eigenvalue weighted by Crippen LogP contribution is -2.25. The SMILES string of the molecule is Cc1ccc(C(=O)CC(=O)C(=O)Nc2cccc(C)n2)cc1. The number of Topliss-reactive ketones (excluding diaryl/α,β-unsaturated/α-hetero) is 2. The van der Waals surface area contributed by atoms with E-state index in [1.54, 1.807) is 49.4 Å². The Bertz CT molecular complexity index is 721. The van der Waals surface area contributed by atoms with E-state index in [0.717, 1.165) is 11.3 Å². The molecule has 0 unspecified atom stereocenters. The summed E-state index contributed by atoms with van der Waals surface area (Å²) in [6, 6.07) is 11.9. The Morgan fingerprint density at radius 3 is 2.32 bits per heavy atom. The van der Waals surface area contributed by atoms with Gasteiger partial charge in [0.1, 0.15) is 5.82 Å². The lowest BCUT2D eigenvalue weighted by Gasteiger charge is -2.04. The Morgan fingerprint density at radius 1 is 1.00 bits per heavy atom. The van der Waals surface area contributed by atoms with E-state index < -0.39 is 18.1 Å². The summed E-state index contributed by atoms with van der Waals surface area (Å²) in [7, 11) is 0. The van der Waals surface area contributed by atoms with Gasteiger partial charge in [-0.1, -0.05) is 35.9 Å². The van der Waals surface area contributed by atoms with Crippen LogP contribution < -0.4 is 5.32 Å². The van der Waals surface area contributed by atoms with E-state index in [9.17, 15) is 14.4 Å². The molecule has 0 atom stereocenters. The summed E-state index contributed by atoms with van der Waals surface area (Å²) < 4.78 is 0. The second-order valence-corrected chi connectivity index (χ2v) is 5.01. The number of anilines is 1. The molecule has 1 N–H and O–H groups in total. The van der Waals surface area contributed by atoms with Gasteiger partial charge >= 0.3 is 0 Å². The maximum Gasteiger partial charge on any atom is 0.293 e. The number of pyridine rings is 1. The van der Waals surface area contributed by atoms with Crippen molar-refractivity contribution in [2.75, 3.05) is 5.32 Å². The number of nitrogens with one attached hydrogen (secondary N) is 1. The Hall–Kier alpha value is -2.82. The minimum absolute atomic E-state index is 0.293. The standard InChI is InChI=1S/C17H16N2O3/c1-11-6-8-13(9-7-11)14(20)10-15(21)17(22)19-16-5-3-4-12(2)18-16/h3-9H,10H2,1-2H3,(H,18,19,22). The first-order valence-corrected chi connectivity index (χ1v) is 6.83. The Morgan fingerprint density at radius 2 is 1.68 bits per heavy atom. The van der Waals surface area contributed by atoms with Crippen LogP contribution >= 0.6 is 0 Å². The van der Waals surface area contributed by atoms with Gasteiger partial charge in [0.2, 0.25) is 5.78 Å². The molecule has 0 saturated heterocycles. The molecule has 1 aromatic heterocycles. The molecule has 0 bridgehead atoms. The Kier molecular flexibility index (Phi) is 4.78. The molecule has 2 aromatic rings. The zero-order valence-corrected chi connectivity index (χ0v) is 12.4. The summed E-state index contributed by atoms with van der Waals surface area (Å²) in [5.74, 6) is -1.70. The molecule has 0 spiro atoms. The monoisotopic (exact) mass is 296 g/mol. The number of carbonyl (C=O) groups excluding carboxylic acids is 3. The molecule has 0 aliphatic rings. The highest BCUT2D eigenvalue weighted by Gasteiger charge is 2.19. The summed E-state index contributed by atoms with van der Waals surface area (Å²) in [6.07, 6.45) is -0.458. The van der Waals surface area contributed by atoms with Crippen LogP contribution in [0.15, 0.2) is 42.5 Å². The van der Waals surface area contributed by atoms with Gasteiger partial charge in [-0.05, 0) is 26.0 Å². The maximum atomic E-state index is 12.0. The van der Waals surface area contributed by atoms with Crippen molar-refractivity contribution in [2.24, 2.45) is 0 Å². The summed E-state index contributed by atoms with van der Waals surface area (Å²) >= 11 is 0. The maximum absolute atomic E-state index is 12.0. The number of carbonyl (C=O) groups is 3. The van der Waals surface area contributed by atoms with E-state index in [1.807, 2.05) is 6.92 Å². The molecule has 112 valence electrons. The zero-order chi connectivity index (χ0) is 16.1. The van der Waals surface area contributed by atoms with Crippen molar-refractivity contribution in [3.05, 3.63) is 59.3 Å². The Balaban J connectivity index is 1.98. The molecule has 1 heterocycles. The number of hydrogen-bond acceptors (Lipinski definition) is 4. The summed E-state index contributed by atoms with van der Waals surface area (Å²) in [6.45, 7) is 3.68. The lowest BCUT2D eigenvalue weighted by molar-refractivity contribution is -0.134. The first kappa shape index (κ1) is 15.6. The van der Waals surface area contributed by atoms with Gasteiger partial charge in [-0.3, -0.25) is 14.4 Å². The van der Waals surface area contributed by atoms with Gasteiger partial charge < -0.3 is 5.32 Å². The molecule has 22 heavy (non-hydrogen) atoms. The van der Waals surface area contributed by atoms with E-state index >= 15 is 0 Å². The van der Waals surface area contributed by atoms with Crippen molar-refractivity contribution >= 4 is 23.3 Å². The van der Waals surface area contributed by atoms with E-state index in [-0.39, 0.29) is 5.78 Å². The minimum Gasteiger partial charge on any atom is -0.304 e. The average molecular weight is 296 g/mol. The van der Waals surface area contributed by atoms with Crippen LogP contribution in [-0.4, -0.2) is 22.5 Å². The van der Waals surface area contributed by atoms with Crippen molar-refractivity contribution < 1.29 is 14.4 Å². The molecule has 0 aliphatic carbocycles. The number of amides is 1. The third kappa shape index (κ3) is 4.09. The largest absolute Gasteiger partial charge is 0.304 e. The topological polar surface area (TPSA) is 76.1 Å². The fourth-order valence-corrected chi connectivity index (χ4v) is 1.87. The quantitative estimate of drug-likeness (QED) is 0.522. The first-order chi connectivity index (χ1) is 10.5. The second-order valence-electron chi connectivity index (χ2n) is 5.01. The molecule has 0 fully saturated rings. The van der Waals surface area contributed by atoms with Crippen molar-refractivity contribution in [1.82, 2.24) is 4.98 Å². The van der Waals surface area contributed by atoms with Crippen molar-refractivity contribution in [2.45, 2.75) is 20.3 Å². The van der Waals surface area contributed by atoms with Gasteiger partial charge in [-0.15, -0.1) is 0 Å². The molecule has 2 rings (SSSR count). The predicted molar refractivity (Wildman–Crippen MR) is 82.7 cm³/mol. The number of rotatable bonds is 5.